The first kappa shape index (κ1) is 19.7. The third-order valence-corrected chi connectivity index (χ3v) is 7.52. The van der Waals surface area contributed by atoms with Crippen molar-refractivity contribution in [2.45, 2.75) is 82.1 Å². The first-order valence-corrected chi connectivity index (χ1v) is 11.2. The molecule has 5 rings (SSSR count). The summed E-state index contributed by atoms with van der Waals surface area (Å²) in [6.07, 6.45) is 8.03. The summed E-state index contributed by atoms with van der Waals surface area (Å²) in [5.74, 6) is -0.729. The molecule has 4 aliphatic rings. The molecule has 3 N–H and O–H groups in total. The molecule has 1 aromatic rings. The summed E-state index contributed by atoms with van der Waals surface area (Å²) in [7, 11) is 0. The van der Waals surface area contributed by atoms with Crippen LogP contribution in [0.3, 0.4) is 0 Å². The smallest absolute Gasteiger partial charge is 0.255 e. The molecule has 1 saturated carbocycles. The fourth-order valence-corrected chi connectivity index (χ4v) is 6.04. The zero-order valence-corrected chi connectivity index (χ0v) is 17.4. The normalized spacial score (nSPS) is 28.8. The van der Waals surface area contributed by atoms with Crippen LogP contribution in [0.2, 0.25) is 0 Å². The number of benzene rings is 1. The van der Waals surface area contributed by atoms with Crippen molar-refractivity contribution in [3.8, 4) is 0 Å². The van der Waals surface area contributed by atoms with Crippen LogP contribution in [0, 0.1) is 0 Å². The van der Waals surface area contributed by atoms with Gasteiger partial charge in [-0.05, 0) is 42.9 Å². The fraction of sp³-hybridized carbons (Fsp3) is 0.609. The van der Waals surface area contributed by atoms with E-state index in [9.17, 15) is 14.4 Å². The highest BCUT2D eigenvalue weighted by atomic mass is 16.2. The molecule has 160 valence electrons. The summed E-state index contributed by atoms with van der Waals surface area (Å²) in [5, 5.41) is 2.36. The lowest BCUT2D eigenvalue weighted by molar-refractivity contribution is -0.136. The van der Waals surface area contributed by atoms with E-state index in [1.807, 2.05) is 12.1 Å². The number of hydrogen-bond donors (Lipinski definition) is 2. The number of piperidine rings is 1. The average molecular weight is 411 g/mol. The van der Waals surface area contributed by atoms with Gasteiger partial charge in [0.05, 0.1) is 0 Å². The molecule has 1 spiro atoms. The van der Waals surface area contributed by atoms with E-state index in [2.05, 4.69) is 16.3 Å². The van der Waals surface area contributed by atoms with Crippen molar-refractivity contribution in [1.82, 2.24) is 15.1 Å². The Balaban J connectivity index is 1.34. The van der Waals surface area contributed by atoms with Gasteiger partial charge in [0.15, 0.2) is 0 Å². The molecule has 0 aromatic heterocycles. The van der Waals surface area contributed by atoms with E-state index >= 15 is 0 Å². The van der Waals surface area contributed by atoms with Crippen molar-refractivity contribution in [1.29, 1.82) is 0 Å². The zero-order chi connectivity index (χ0) is 20.9. The van der Waals surface area contributed by atoms with Crippen molar-refractivity contribution in [2.24, 2.45) is 5.73 Å². The van der Waals surface area contributed by atoms with Gasteiger partial charge in [0, 0.05) is 43.2 Å². The maximum Gasteiger partial charge on any atom is 0.255 e. The van der Waals surface area contributed by atoms with Crippen LogP contribution in [0.4, 0.5) is 0 Å². The van der Waals surface area contributed by atoms with Gasteiger partial charge in [-0.2, -0.15) is 0 Å². The van der Waals surface area contributed by atoms with E-state index in [0.717, 1.165) is 30.6 Å². The number of amides is 3. The topological polar surface area (TPSA) is 95.7 Å². The van der Waals surface area contributed by atoms with Gasteiger partial charge in [-0.25, -0.2) is 0 Å². The molecule has 1 aliphatic carbocycles. The van der Waals surface area contributed by atoms with E-state index in [1.165, 1.54) is 32.1 Å². The number of fused-ring (bicyclic) bond motifs is 1. The van der Waals surface area contributed by atoms with Crippen LogP contribution in [-0.4, -0.2) is 51.7 Å². The van der Waals surface area contributed by atoms with Gasteiger partial charge in [0.2, 0.25) is 11.8 Å². The predicted molar refractivity (Wildman–Crippen MR) is 111 cm³/mol. The molecular formula is C23H30N4O3. The zero-order valence-electron chi connectivity index (χ0n) is 17.4. The number of carbonyl (C=O) groups is 3. The van der Waals surface area contributed by atoms with E-state index in [0.29, 0.717) is 18.5 Å². The Kier molecular flexibility index (Phi) is 4.90. The number of nitrogens with one attached hydrogen (secondary N) is 1. The van der Waals surface area contributed by atoms with Crippen LogP contribution in [0.15, 0.2) is 18.2 Å². The van der Waals surface area contributed by atoms with E-state index < -0.39 is 6.04 Å². The van der Waals surface area contributed by atoms with Gasteiger partial charge in [-0.3, -0.25) is 24.6 Å². The van der Waals surface area contributed by atoms with Gasteiger partial charge in [0.25, 0.3) is 5.91 Å². The second-order valence-electron chi connectivity index (χ2n) is 9.52. The molecular weight excluding hydrogens is 380 g/mol. The van der Waals surface area contributed by atoms with Crippen molar-refractivity contribution >= 4 is 17.7 Å². The number of imide groups is 1. The van der Waals surface area contributed by atoms with E-state index in [4.69, 9.17) is 5.73 Å². The Labute approximate surface area is 177 Å². The summed E-state index contributed by atoms with van der Waals surface area (Å²) in [4.78, 5) is 40.9. The van der Waals surface area contributed by atoms with Crippen LogP contribution < -0.4 is 11.1 Å². The van der Waals surface area contributed by atoms with Crippen LogP contribution in [0.1, 0.15) is 72.9 Å². The van der Waals surface area contributed by atoms with Crippen LogP contribution in [-0.2, 0) is 22.7 Å². The summed E-state index contributed by atoms with van der Waals surface area (Å²) in [6.45, 7) is 2.15. The SMILES string of the molecule is NC1CN(Cc2ccc3c(c2)C(=O)N(C2CCC(=O)NC2=O)C3)C2(CCCCC2)C1. The highest BCUT2D eigenvalue weighted by Crippen LogP contribution is 2.42. The van der Waals surface area contributed by atoms with Crippen LogP contribution in [0.5, 0.6) is 0 Å². The Morgan fingerprint density at radius 1 is 1.13 bits per heavy atom. The van der Waals surface area contributed by atoms with Crippen molar-refractivity contribution in [2.75, 3.05) is 6.54 Å². The number of rotatable bonds is 3. The molecule has 7 heteroatoms. The highest BCUT2D eigenvalue weighted by Gasteiger charge is 2.45. The minimum Gasteiger partial charge on any atom is -0.326 e. The highest BCUT2D eigenvalue weighted by molar-refractivity contribution is 6.05. The lowest BCUT2D eigenvalue weighted by Gasteiger charge is -2.41. The third kappa shape index (κ3) is 3.34. The van der Waals surface area contributed by atoms with E-state index in [-0.39, 0.29) is 35.7 Å². The molecule has 7 nitrogen and oxygen atoms in total. The predicted octanol–water partition coefficient (Wildman–Crippen LogP) is 1.68. The van der Waals surface area contributed by atoms with Crippen molar-refractivity contribution in [3.63, 3.8) is 0 Å². The second kappa shape index (κ2) is 7.46. The summed E-state index contributed by atoms with van der Waals surface area (Å²) < 4.78 is 0. The summed E-state index contributed by atoms with van der Waals surface area (Å²) in [5.41, 5.74) is 9.36. The van der Waals surface area contributed by atoms with Gasteiger partial charge < -0.3 is 10.6 Å². The minimum absolute atomic E-state index is 0.105. The Morgan fingerprint density at radius 3 is 2.70 bits per heavy atom. The van der Waals surface area contributed by atoms with Gasteiger partial charge >= 0.3 is 0 Å². The standard InChI is InChI=1S/C23H30N4O3/c24-17-11-23(8-2-1-3-9-23)26(14-17)12-15-4-5-16-13-27(22(30)18(16)10-15)19-6-7-20(28)25-21(19)29/h4-5,10,17,19H,1-3,6-9,11-14,24H2,(H,25,28,29). The second-order valence-corrected chi connectivity index (χ2v) is 9.52. The molecule has 0 bridgehead atoms. The van der Waals surface area contributed by atoms with Gasteiger partial charge in [0.1, 0.15) is 6.04 Å². The monoisotopic (exact) mass is 410 g/mol. The molecule has 30 heavy (non-hydrogen) atoms. The van der Waals surface area contributed by atoms with Crippen molar-refractivity contribution in [3.05, 3.63) is 34.9 Å². The average Bonchev–Trinajstić information content (AvgIpc) is 3.19. The number of carbonyl (C=O) groups excluding carboxylic acids is 3. The lowest BCUT2D eigenvalue weighted by Crippen LogP contribution is -2.52. The molecule has 1 aromatic carbocycles. The van der Waals surface area contributed by atoms with Crippen LogP contribution >= 0.6 is 0 Å². The lowest BCUT2D eigenvalue weighted by atomic mass is 9.79. The molecule has 2 atom stereocenters. The molecule has 3 amide bonds. The Hall–Kier alpha value is -2.25. The van der Waals surface area contributed by atoms with Gasteiger partial charge in [-0.15, -0.1) is 0 Å². The van der Waals surface area contributed by atoms with Crippen molar-refractivity contribution < 1.29 is 14.4 Å². The fourth-order valence-electron chi connectivity index (χ4n) is 6.04. The Bertz CT molecular complexity index is 892. The molecule has 3 heterocycles. The third-order valence-electron chi connectivity index (χ3n) is 7.52. The first-order chi connectivity index (χ1) is 14.4. The summed E-state index contributed by atoms with van der Waals surface area (Å²) in [6, 6.07) is 5.80. The number of nitrogens with zero attached hydrogens (tertiary/aromatic N) is 2. The largest absolute Gasteiger partial charge is 0.326 e. The molecule has 3 fully saturated rings. The number of nitrogens with two attached hydrogens (primary N) is 1. The number of hydrogen-bond acceptors (Lipinski definition) is 5. The number of likely N-dealkylation sites (tertiary alicyclic amines) is 1. The molecule has 0 radical (unpaired) electrons. The summed E-state index contributed by atoms with van der Waals surface area (Å²) >= 11 is 0. The molecule has 2 unspecified atom stereocenters. The first-order valence-electron chi connectivity index (χ1n) is 11.2. The Morgan fingerprint density at radius 2 is 1.93 bits per heavy atom. The minimum atomic E-state index is -0.562. The van der Waals surface area contributed by atoms with Gasteiger partial charge in [-0.1, -0.05) is 31.4 Å². The molecule has 3 aliphatic heterocycles. The maximum atomic E-state index is 13.1. The molecule has 2 saturated heterocycles. The quantitative estimate of drug-likeness (QED) is 0.740. The maximum absolute atomic E-state index is 13.1. The van der Waals surface area contributed by atoms with Crippen LogP contribution in [0.25, 0.3) is 0 Å². The van der Waals surface area contributed by atoms with E-state index in [1.54, 1.807) is 4.90 Å².